The van der Waals surface area contributed by atoms with Crippen molar-refractivity contribution >= 4 is 5.91 Å². The first-order valence-corrected chi connectivity index (χ1v) is 4.69. The lowest BCUT2D eigenvalue weighted by atomic mass is 10.1. The van der Waals surface area contributed by atoms with Crippen LogP contribution >= 0.6 is 0 Å². The molecule has 0 spiro atoms. The number of hydrogen-bond donors (Lipinski definition) is 1. The van der Waals surface area contributed by atoms with Crippen LogP contribution in [0.15, 0.2) is 24.3 Å². The number of aryl methyl sites for hydroxylation is 1. The molecule has 1 aliphatic rings. The van der Waals surface area contributed by atoms with Crippen LogP contribution in [0.3, 0.4) is 0 Å². The summed E-state index contributed by atoms with van der Waals surface area (Å²) in [5.41, 5.74) is 2.32. The van der Waals surface area contributed by atoms with Crippen LogP contribution in [-0.2, 0) is 9.53 Å². The number of carbonyl (C=O) groups excluding carboxylic acids is 1. The third kappa shape index (κ3) is 1.93. The zero-order valence-electron chi connectivity index (χ0n) is 8.12. The van der Waals surface area contributed by atoms with E-state index < -0.39 is 0 Å². The van der Waals surface area contributed by atoms with Gasteiger partial charge >= 0.3 is 0 Å². The van der Waals surface area contributed by atoms with E-state index in [2.05, 4.69) is 5.32 Å². The minimum absolute atomic E-state index is 0.0110. The first-order chi connectivity index (χ1) is 6.75. The average Bonchev–Trinajstić information content (AvgIpc) is 2.19. The van der Waals surface area contributed by atoms with E-state index in [0.717, 1.165) is 5.56 Å². The van der Waals surface area contributed by atoms with Crippen molar-refractivity contribution in [1.29, 1.82) is 0 Å². The molecule has 0 bridgehead atoms. The highest BCUT2D eigenvalue weighted by molar-refractivity contribution is 5.78. The topological polar surface area (TPSA) is 38.3 Å². The number of carbonyl (C=O) groups is 1. The fourth-order valence-corrected chi connectivity index (χ4v) is 1.53. The molecule has 74 valence electrons. The predicted octanol–water partition coefficient (Wildman–Crippen LogP) is 1.18. The van der Waals surface area contributed by atoms with Crippen molar-refractivity contribution in [1.82, 2.24) is 5.32 Å². The third-order valence-electron chi connectivity index (χ3n) is 2.33. The van der Waals surface area contributed by atoms with Crippen LogP contribution in [0.4, 0.5) is 0 Å². The Morgan fingerprint density at radius 1 is 1.36 bits per heavy atom. The van der Waals surface area contributed by atoms with E-state index in [1.165, 1.54) is 5.56 Å². The van der Waals surface area contributed by atoms with Gasteiger partial charge in [-0.2, -0.15) is 0 Å². The summed E-state index contributed by atoms with van der Waals surface area (Å²) in [6.45, 7) is 2.79. The standard InChI is InChI=1S/C11H13NO2/c1-8-2-4-9(5-3-8)10-6-14-7-11(13)12-10/h2-5,10H,6-7H2,1H3,(H,12,13)/t10-/m1/s1. The van der Waals surface area contributed by atoms with Gasteiger partial charge in [0.1, 0.15) is 6.61 Å². The number of hydrogen-bond acceptors (Lipinski definition) is 2. The number of rotatable bonds is 1. The van der Waals surface area contributed by atoms with Crippen molar-refractivity contribution in [2.75, 3.05) is 13.2 Å². The van der Waals surface area contributed by atoms with Crippen LogP contribution in [0, 0.1) is 6.92 Å². The quantitative estimate of drug-likeness (QED) is 0.724. The highest BCUT2D eigenvalue weighted by Crippen LogP contribution is 2.16. The normalized spacial score (nSPS) is 21.8. The Kier molecular flexibility index (Phi) is 2.50. The van der Waals surface area contributed by atoms with Crippen molar-refractivity contribution < 1.29 is 9.53 Å². The maximum absolute atomic E-state index is 11.1. The Morgan fingerprint density at radius 2 is 2.07 bits per heavy atom. The van der Waals surface area contributed by atoms with E-state index in [9.17, 15) is 4.79 Å². The van der Waals surface area contributed by atoms with Crippen LogP contribution in [0.25, 0.3) is 0 Å². The van der Waals surface area contributed by atoms with Gasteiger partial charge in [-0.05, 0) is 12.5 Å². The first kappa shape index (κ1) is 9.21. The average molecular weight is 191 g/mol. The highest BCUT2D eigenvalue weighted by atomic mass is 16.5. The van der Waals surface area contributed by atoms with Gasteiger partial charge in [0, 0.05) is 0 Å². The zero-order chi connectivity index (χ0) is 9.97. The molecule has 1 N–H and O–H groups in total. The molecule has 1 fully saturated rings. The Labute approximate surface area is 83.1 Å². The van der Waals surface area contributed by atoms with Crippen LogP contribution in [0.1, 0.15) is 17.2 Å². The largest absolute Gasteiger partial charge is 0.369 e. The van der Waals surface area contributed by atoms with Gasteiger partial charge in [0.05, 0.1) is 12.6 Å². The second-order valence-corrected chi connectivity index (χ2v) is 3.55. The molecule has 0 unspecified atom stereocenters. The molecule has 1 heterocycles. The van der Waals surface area contributed by atoms with Crippen molar-refractivity contribution in [3.05, 3.63) is 35.4 Å². The van der Waals surface area contributed by atoms with Crippen molar-refractivity contribution in [3.63, 3.8) is 0 Å². The van der Waals surface area contributed by atoms with Crippen molar-refractivity contribution in [2.24, 2.45) is 0 Å². The first-order valence-electron chi connectivity index (χ1n) is 4.69. The number of nitrogens with one attached hydrogen (secondary N) is 1. The molecule has 14 heavy (non-hydrogen) atoms. The monoisotopic (exact) mass is 191 g/mol. The molecule has 1 atom stereocenters. The van der Waals surface area contributed by atoms with Crippen LogP contribution in [-0.4, -0.2) is 19.1 Å². The van der Waals surface area contributed by atoms with E-state index in [4.69, 9.17) is 4.74 Å². The molecule has 0 aliphatic carbocycles. The minimum atomic E-state index is -0.0400. The van der Waals surface area contributed by atoms with Gasteiger partial charge in [0.15, 0.2) is 0 Å². The number of ether oxygens (including phenoxy) is 1. The summed E-state index contributed by atoms with van der Waals surface area (Å²) in [5, 5.41) is 2.89. The molecule has 1 aromatic carbocycles. The summed E-state index contributed by atoms with van der Waals surface area (Å²) < 4.78 is 5.17. The van der Waals surface area contributed by atoms with Gasteiger partial charge in [-0.25, -0.2) is 0 Å². The second-order valence-electron chi connectivity index (χ2n) is 3.55. The molecule has 3 nitrogen and oxygen atoms in total. The van der Waals surface area contributed by atoms with E-state index in [1.54, 1.807) is 0 Å². The summed E-state index contributed by atoms with van der Waals surface area (Å²) in [5.74, 6) is -0.0400. The van der Waals surface area contributed by atoms with Gasteiger partial charge < -0.3 is 10.1 Å². The zero-order valence-corrected chi connectivity index (χ0v) is 8.12. The molecule has 0 radical (unpaired) electrons. The van der Waals surface area contributed by atoms with Gasteiger partial charge in [-0.15, -0.1) is 0 Å². The predicted molar refractivity (Wildman–Crippen MR) is 52.9 cm³/mol. The third-order valence-corrected chi connectivity index (χ3v) is 2.33. The van der Waals surface area contributed by atoms with Gasteiger partial charge in [0.2, 0.25) is 5.91 Å². The molecular weight excluding hydrogens is 178 g/mol. The number of benzene rings is 1. The molecule has 0 saturated carbocycles. The summed E-state index contributed by atoms with van der Waals surface area (Å²) in [4.78, 5) is 11.1. The van der Waals surface area contributed by atoms with E-state index >= 15 is 0 Å². The molecular formula is C11H13NO2. The Morgan fingerprint density at radius 3 is 2.71 bits per heavy atom. The maximum atomic E-state index is 11.1. The van der Waals surface area contributed by atoms with Crippen LogP contribution in [0.2, 0.25) is 0 Å². The smallest absolute Gasteiger partial charge is 0.246 e. The Balaban J connectivity index is 2.14. The molecule has 1 amide bonds. The van der Waals surface area contributed by atoms with Crippen LogP contribution < -0.4 is 5.32 Å². The number of amides is 1. The second kappa shape index (κ2) is 3.80. The summed E-state index contributed by atoms with van der Waals surface area (Å²) in [6.07, 6.45) is 0. The van der Waals surface area contributed by atoms with Crippen molar-refractivity contribution in [2.45, 2.75) is 13.0 Å². The molecule has 1 aromatic rings. The minimum Gasteiger partial charge on any atom is -0.369 e. The SMILES string of the molecule is Cc1ccc([C@H]2COCC(=O)N2)cc1. The lowest BCUT2D eigenvalue weighted by Crippen LogP contribution is -2.39. The Bertz CT molecular complexity index is 332. The lowest BCUT2D eigenvalue weighted by Gasteiger charge is -2.23. The summed E-state index contributed by atoms with van der Waals surface area (Å²) >= 11 is 0. The molecule has 1 saturated heterocycles. The van der Waals surface area contributed by atoms with Gasteiger partial charge in [0.25, 0.3) is 0 Å². The van der Waals surface area contributed by atoms with E-state index in [-0.39, 0.29) is 18.6 Å². The van der Waals surface area contributed by atoms with E-state index in [1.807, 2.05) is 31.2 Å². The fraction of sp³-hybridized carbons (Fsp3) is 0.364. The lowest BCUT2D eigenvalue weighted by molar-refractivity contribution is -0.131. The van der Waals surface area contributed by atoms with Crippen LogP contribution in [0.5, 0.6) is 0 Å². The Hall–Kier alpha value is -1.35. The summed E-state index contributed by atoms with van der Waals surface area (Å²) in [6, 6.07) is 8.13. The summed E-state index contributed by atoms with van der Waals surface area (Å²) in [7, 11) is 0. The van der Waals surface area contributed by atoms with E-state index in [0.29, 0.717) is 6.61 Å². The highest BCUT2D eigenvalue weighted by Gasteiger charge is 2.19. The maximum Gasteiger partial charge on any atom is 0.246 e. The molecule has 3 heteroatoms. The molecule has 1 aliphatic heterocycles. The van der Waals surface area contributed by atoms with Gasteiger partial charge in [-0.3, -0.25) is 4.79 Å². The molecule has 2 rings (SSSR count). The van der Waals surface area contributed by atoms with Gasteiger partial charge in [-0.1, -0.05) is 29.8 Å². The van der Waals surface area contributed by atoms with Crippen molar-refractivity contribution in [3.8, 4) is 0 Å². The number of morpholine rings is 1. The molecule has 0 aromatic heterocycles. The fourth-order valence-electron chi connectivity index (χ4n) is 1.53.